The molecule has 0 amide bonds. The number of phosphoric ester groups is 2. The summed E-state index contributed by atoms with van der Waals surface area (Å²) in [6.45, 7) is 11.8. The summed E-state index contributed by atoms with van der Waals surface area (Å²) in [5.74, 6) is 0.101. The molecule has 0 rings (SSSR count). The lowest BCUT2D eigenvalue weighted by Crippen LogP contribution is -2.30. The number of hydrogen-bond acceptors (Lipinski definition) is 15. The molecule has 0 aromatic heterocycles. The van der Waals surface area contributed by atoms with Crippen LogP contribution >= 0.6 is 15.6 Å². The molecule has 0 aliphatic rings. The number of phosphoric acid groups is 2. The van der Waals surface area contributed by atoms with Crippen molar-refractivity contribution >= 4 is 39.5 Å². The van der Waals surface area contributed by atoms with E-state index in [1.807, 2.05) is 0 Å². The van der Waals surface area contributed by atoms with Crippen LogP contribution in [0.5, 0.6) is 0 Å². The van der Waals surface area contributed by atoms with Crippen LogP contribution < -0.4 is 0 Å². The molecule has 100 heavy (non-hydrogen) atoms. The molecule has 17 nitrogen and oxygen atoms in total. The van der Waals surface area contributed by atoms with Crippen LogP contribution in [0.25, 0.3) is 0 Å². The first-order valence-electron chi connectivity index (χ1n) is 41.9. The zero-order valence-corrected chi connectivity index (χ0v) is 67.5. The molecule has 0 aliphatic heterocycles. The average Bonchev–Trinajstić information content (AvgIpc) is 0.951. The molecular weight excluding hydrogens is 1310 g/mol. The van der Waals surface area contributed by atoms with E-state index >= 15 is 0 Å². The number of rotatable bonds is 79. The monoisotopic (exact) mass is 1470 g/mol. The fraction of sp³-hybridized carbons (Fsp3) is 0.951. The number of ether oxygens (including phenoxy) is 4. The van der Waals surface area contributed by atoms with E-state index in [2.05, 4.69) is 48.5 Å². The van der Waals surface area contributed by atoms with E-state index in [4.69, 9.17) is 37.0 Å². The van der Waals surface area contributed by atoms with Gasteiger partial charge in [0, 0.05) is 25.7 Å². The highest BCUT2D eigenvalue weighted by Gasteiger charge is 2.30. The molecule has 0 heterocycles. The fourth-order valence-corrected chi connectivity index (χ4v) is 14.0. The van der Waals surface area contributed by atoms with Crippen molar-refractivity contribution in [3.8, 4) is 0 Å². The summed E-state index contributed by atoms with van der Waals surface area (Å²) in [5.41, 5.74) is 0. The third-order valence-corrected chi connectivity index (χ3v) is 21.1. The van der Waals surface area contributed by atoms with Crippen molar-refractivity contribution in [2.24, 2.45) is 17.8 Å². The van der Waals surface area contributed by atoms with Gasteiger partial charge in [0.2, 0.25) is 0 Å². The van der Waals surface area contributed by atoms with Crippen LogP contribution in [0.3, 0.4) is 0 Å². The average molecular weight is 1470 g/mol. The molecule has 0 spiro atoms. The Bertz CT molecular complexity index is 1940. The minimum absolute atomic E-state index is 0.102. The van der Waals surface area contributed by atoms with E-state index in [-0.39, 0.29) is 25.7 Å². The molecule has 0 bridgehead atoms. The van der Waals surface area contributed by atoms with E-state index in [1.54, 1.807) is 0 Å². The molecule has 3 N–H and O–H groups in total. The van der Waals surface area contributed by atoms with Gasteiger partial charge in [0.25, 0.3) is 0 Å². The van der Waals surface area contributed by atoms with Crippen LogP contribution in [0.4, 0.5) is 0 Å². The maximum atomic E-state index is 13.1. The number of carbonyl (C=O) groups excluding carboxylic acids is 4. The highest BCUT2D eigenvalue weighted by molar-refractivity contribution is 7.47. The first-order valence-corrected chi connectivity index (χ1v) is 44.9. The SMILES string of the molecule is CCCCCCCCCCCCCCCCCCCCCCC(=O)OC[C@H](COP(=O)(O)OC[C@@H](O)COP(=O)(O)OC[C@@H](COC(=O)CCCCCCCCC(C)C)OC(=O)CCCCCCCCC(C)CC)OC(=O)CCCCCCCCCCCCCCCCCCCCC(C)C. The van der Waals surface area contributed by atoms with Crippen LogP contribution in [0.1, 0.15) is 421 Å². The van der Waals surface area contributed by atoms with Gasteiger partial charge in [0.15, 0.2) is 12.2 Å². The number of hydrogen-bond donors (Lipinski definition) is 3. The van der Waals surface area contributed by atoms with Crippen LogP contribution in [0.2, 0.25) is 0 Å². The fourth-order valence-electron chi connectivity index (χ4n) is 12.5. The quantitative estimate of drug-likeness (QED) is 0.0222. The third kappa shape index (κ3) is 73.0. The number of carbonyl (C=O) groups is 4. The predicted octanol–water partition coefficient (Wildman–Crippen LogP) is 24.1. The van der Waals surface area contributed by atoms with Crippen LogP contribution in [-0.2, 0) is 65.4 Å². The molecule has 594 valence electrons. The second-order valence-corrected chi connectivity index (χ2v) is 33.3. The van der Waals surface area contributed by atoms with Gasteiger partial charge in [-0.25, -0.2) is 9.13 Å². The maximum Gasteiger partial charge on any atom is 0.472 e. The predicted molar refractivity (Wildman–Crippen MR) is 409 cm³/mol. The Morgan fingerprint density at radius 2 is 0.510 bits per heavy atom. The normalized spacial score (nSPS) is 14.2. The number of esters is 4. The molecule has 0 saturated carbocycles. The van der Waals surface area contributed by atoms with Crippen LogP contribution in [-0.4, -0.2) is 96.7 Å². The molecule has 0 radical (unpaired) electrons. The Hall–Kier alpha value is -1.94. The zero-order valence-electron chi connectivity index (χ0n) is 65.7. The Morgan fingerprint density at radius 3 is 0.760 bits per heavy atom. The maximum absolute atomic E-state index is 13.1. The molecule has 0 aliphatic carbocycles. The summed E-state index contributed by atoms with van der Waals surface area (Å²) in [5, 5.41) is 10.6. The largest absolute Gasteiger partial charge is 0.472 e. The van der Waals surface area contributed by atoms with Gasteiger partial charge in [0.1, 0.15) is 19.3 Å². The topological polar surface area (TPSA) is 237 Å². The highest BCUT2D eigenvalue weighted by atomic mass is 31.2. The minimum atomic E-state index is -4.96. The Labute approximate surface area is 613 Å². The van der Waals surface area contributed by atoms with Crippen LogP contribution in [0.15, 0.2) is 0 Å². The summed E-state index contributed by atoms with van der Waals surface area (Å²) in [6, 6.07) is 0. The molecule has 3 unspecified atom stereocenters. The van der Waals surface area contributed by atoms with Crippen molar-refractivity contribution in [1.82, 2.24) is 0 Å². The zero-order chi connectivity index (χ0) is 73.7. The lowest BCUT2D eigenvalue weighted by molar-refractivity contribution is -0.161. The molecule has 0 aromatic rings. The minimum Gasteiger partial charge on any atom is -0.462 e. The smallest absolute Gasteiger partial charge is 0.462 e. The van der Waals surface area contributed by atoms with Crippen molar-refractivity contribution < 1.29 is 80.2 Å². The summed E-state index contributed by atoms with van der Waals surface area (Å²) in [6.07, 6.45) is 60.2. The molecule has 0 saturated heterocycles. The Balaban J connectivity index is 5.18. The summed E-state index contributed by atoms with van der Waals surface area (Å²) in [7, 11) is -9.92. The Morgan fingerprint density at radius 1 is 0.290 bits per heavy atom. The van der Waals surface area contributed by atoms with Crippen molar-refractivity contribution in [1.29, 1.82) is 0 Å². The number of aliphatic hydroxyl groups is 1. The first kappa shape index (κ1) is 98.1. The van der Waals surface area contributed by atoms with Crippen molar-refractivity contribution in [3.63, 3.8) is 0 Å². The first-order chi connectivity index (χ1) is 48.3. The van der Waals surface area contributed by atoms with Gasteiger partial charge in [-0.1, -0.05) is 370 Å². The second-order valence-electron chi connectivity index (χ2n) is 30.4. The third-order valence-electron chi connectivity index (χ3n) is 19.2. The van der Waals surface area contributed by atoms with E-state index in [0.29, 0.717) is 31.6 Å². The van der Waals surface area contributed by atoms with E-state index < -0.39 is 97.5 Å². The van der Waals surface area contributed by atoms with E-state index in [1.165, 1.54) is 225 Å². The van der Waals surface area contributed by atoms with E-state index in [9.17, 15) is 43.2 Å². The lowest BCUT2D eigenvalue weighted by atomic mass is 10.00. The summed E-state index contributed by atoms with van der Waals surface area (Å²) >= 11 is 0. The van der Waals surface area contributed by atoms with Gasteiger partial charge in [-0.2, -0.15) is 0 Å². The van der Waals surface area contributed by atoms with Crippen molar-refractivity contribution in [2.75, 3.05) is 39.6 Å². The molecule has 0 aromatic carbocycles. The van der Waals surface area contributed by atoms with E-state index in [0.717, 1.165) is 108 Å². The van der Waals surface area contributed by atoms with Gasteiger partial charge in [-0.3, -0.25) is 37.3 Å². The molecular formula is C81H158O17P2. The van der Waals surface area contributed by atoms with Gasteiger partial charge >= 0.3 is 39.5 Å². The van der Waals surface area contributed by atoms with Crippen molar-refractivity contribution in [2.45, 2.75) is 439 Å². The van der Waals surface area contributed by atoms with Crippen LogP contribution in [0, 0.1) is 17.8 Å². The van der Waals surface area contributed by atoms with Gasteiger partial charge in [-0.15, -0.1) is 0 Å². The standard InChI is InChI=1S/C81H158O17P2/c1-8-10-11-12-13-14-15-16-17-18-19-20-24-27-30-33-36-39-48-55-62-78(83)91-68-76(97-80(85)64-57-50-40-37-34-31-28-25-22-21-23-26-29-32-35-38-45-52-59-72(3)4)70-95-99(87,88)93-66-75(82)67-94-100(89,90)96-71-77(69-92-79(84)63-56-49-43-41-46-53-60-73(5)6)98-81(86)65-58-51-44-42-47-54-61-74(7)9-2/h72-77,82H,8-71H2,1-7H3,(H,87,88)(H,89,90)/t74?,75-,76-,77-/m1/s1. The summed E-state index contributed by atoms with van der Waals surface area (Å²) in [4.78, 5) is 72.9. The highest BCUT2D eigenvalue weighted by Crippen LogP contribution is 2.45. The second kappa shape index (κ2) is 71.3. The van der Waals surface area contributed by atoms with Gasteiger partial charge in [-0.05, 0) is 43.4 Å². The lowest BCUT2D eigenvalue weighted by Gasteiger charge is -2.21. The molecule has 0 fully saturated rings. The van der Waals surface area contributed by atoms with Gasteiger partial charge < -0.3 is 33.8 Å². The molecule has 19 heteroatoms. The van der Waals surface area contributed by atoms with Gasteiger partial charge in [0.05, 0.1) is 26.4 Å². The molecule has 6 atom stereocenters. The Kier molecular flexibility index (Phi) is 69.9. The number of aliphatic hydroxyl groups excluding tert-OH is 1. The summed E-state index contributed by atoms with van der Waals surface area (Å²) < 4.78 is 68.6. The van der Waals surface area contributed by atoms with Crippen molar-refractivity contribution in [3.05, 3.63) is 0 Å². The number of unbranched alkanes of at least 4 members (excludes halogenated alkanes) is 46.